The Morgan fingerprint density at radius 2 is 2.19 bits per heavy atom. The molecule has 1 aromatic heterocycles. The van der Waals surface area contributed by atoms with Crippen molar-refractivity contribution in [1.29, 1.82) is 0 Å². The molecule has 2 aromatic rings. The van der Waals surface area contributed by atoms with Gasteiger partial charge in [-0.15, -0.1) is 0 Å². The molecule has 1 atom stereocenters. The van der Waals surface area contributed by atoms with Crippen LogP contribution in [0.2, 0.25) is 0 Å². The van der Waals surface area contributed by atoms with Gasteiger partial charge in [0, 0.05) is 18.8 Å². The Morgan fingerprint density at radius 1 is 1.33 bits per heavy atom. The number of hydrogen-bond donors (Lipinski definition) is 1. The van der Waals surface area contributed by atoms with Crippen molar-refractivity contribution in [3.8, 4) is 0 Å². The number of halogens is 1. The second kappa shape index (κ2) is 5.50. The largest absolute Gasteiger partial charge is 0.304 e. The molecule has 2 heterocycles. The number of hydrogen-bond acceptors (Lipinski definition) is 5. The lowest BCUT2D eigenvalue weighted by molar-refractivity contribution is 0.482. The van der Waals surface area contributed by atoms with Gasteiger partial charge in [-0.25, -0.2) is 12.8 Å². The summed E-state index contributed by atoms with van der Waals surface area (Å²) in [5.74, 6) is -0.374. The Balaban J connectivity index is 1.86. The van der Waals surface area contributed by atoms with Crippen LogP contribution in [0.1, 0.15) is 23.7 Å². The number of aromatic nitrogens is 2. The first-order valence-electron chi connectivity index (χ1n) is 6.58. The Hall–Kier alpha value is -1.86. The van der Waals surface area contributed by atoms with Gasteiger partial charge in [0.2, 0.25) is 0 Å². The molecule has 0 radical (unpaired) electrons. The van der Waals surface area contributed by atoms with E-state index < -0.39 is 15.7 Å². The van der Waals surface area contributed by atoms with Crippen LogP contribution in [0.15, 0.2) is 41.4 Å². The zero-order valence-electron chi connectivity index (χ0n) is 11.2. The molecule has 1 unspecified atom stereocenters. The van der Waals surface area contributed by atoms with E-state index in [2.05, 4.69) is 15.5 Å². The summed E-state index contributed by atoms with van der Waals surface area (Å²) in [5, 5.41) is 11.0. The van der Waals surface area contributed by atoms with E-state index in [-0.39, 0.29) is 16.7 Å². The van der Waals surface area contributed by atoms with Crippen molar-refractivity contribution in [3.05, 3.63) is 53.6 Å². The van der Waals surface area contributed by atoms with Gasteiger partial charge in [-0.1, -0.05) is 0 Å². The van der Waals surface area contributed by atoms with Crippen LogP contribution < -0.4 is 5.32 Å². The van der Waals surface area contributed by atoms with Gasteiger partial charge in [-0.05, 0) is 42.3 Å². The fourth-order valence-corrected chi connectivity index (χ4v) is 4.08. The zero-order valence-corrected chi connectivity index (χ0v) is 12.0. The van der Waals surface area contributed by atoms with Crippen LogP contribution >= 0.6 is 0 Å². The number of benzene rings is 1. The molecule has 3 rings (SSSR count). The van der Waals surface area contributed by atoms with Crippen molar-refractivity contribution in [2.45, 2.75) is 23.9 Å². The molecular weight excluding hydrogens is 293 g/mol. The Labute approximate surface area is 122 Å². The fourth-order valence-electron chi connectivity index (χ4n) is 2.48. The number of sulfone groups is 1. The maximum Gasteiger partial charge on any atom is 0.178 e. The summed E-state index contributed by atoms with van der Waals surface area (Å²) in [7, 11) is -3.31. The highest BCUT2D eigenvalue weighted by Gasteiger charge is 2.30. The fraction of sp³-hybridized carbons (Fsp3) is 0.286. The highest BCUT2D eigenvalue weighted by molar-refractivity contribution is 7.91. The maximum atomic E-state index is 13.4. The van der Waals surface area contributed by atoms with Crippen LogP contribution in [0.25, 0.3) is 0 Å². The van der Waals surface area contributed by atoms with Crippen LogP contribution in [-0.2, 0) is 16.4 Å². The molecule has 5 nitrogen and oxygen atoms in total. The van der Waals surface area contributed by atoms with E-state index >= 15 is 0 Å². The van der Waals surface area contributed by atoms with Crippen LogP contribution in [0.3, 0.4) is 0 Å². The summed E-state index contributed by atoms with van der Waals surface area (Å²) in [4.78, 5) is 0.215. The van der Waals surface area contributed by atoms with Crippen molar-refractivity contribution in [3.63, 3.8) is 0 Å². The van der Waals surface area contributed by atoms with Gasteiger partial charge in [-0.2, -0.15) is 10.2 Å². The van der Waals surface area contributed by atoms with Crippen molar-refractivity contribution in [1.82, 2.24) is 15.5 Å². The molecule has 1 aliphatic heterocycles. The van der Waals surface area contributed by atoms with Crippen molar-refractivity contribution in [2.75, 3.05) is 5.75 Å². The molecule has 1 aliphatic rings. The average Bonchev–Trinajstić information content (AvgIpc) is 2.47. The highest BCUT2D eigenvalue weighted by Crippen LogP contribution is 2.32. The van der Waals surface area contributed by atoms with E-state index in [4.69, 9.17) is 0 Å². The Morgan fingerprint density at radius 3 is 2.95 bits per heavy atom. The van der Waals surface area contributed by atoms with Crippen molar-refractivity contribution < 1.29 is 12.8 Å². The van der Waals surface area contributed by atoms with Crippen molar-refractivity contribution in [2.24, 2.45) is 0 Å². The Bertz CT molecular complexity index is 750. The van der Waals surface area contributed by atoms with E-state index in [1.165, 1.54) is 18.2 Å². The van der Waals surface area contributed by atoms with Gasteiger partial charge in [0.25, 0.3) is 0 Å². The molecule has 0 fully saturated rings. The van der Waals surface area contributed by atoms with E-state index in [0.29, 0.717) is 18.5 Å². The lowest BCUT2D eigenvalue weighted by Gasteiger charge is -2.26. The molecule has 1 N–H and O–H groups in total. The summed E-state index contributed by atoms with van der Waals surface area (Å²) < 4.78 is 37.5. The normalized spacial score (nSPS) is 20.0. The number of nitrogens with one attached hydrogen (secondary N) is 1. The molecule has 0 saturated carbocycles. The Kier molecular flexibility index (Phi) is 3.69. The van der Waals surface area contributed by atoms with Crippen LogP contribution in [-0.4, -0.2) is 24.4 Å². The van der Waals surface area contributed by atoms with Gasteiger partial charge < -0.3 is 5.32 Å². The SMILES string of the molecule is O=S1(=O)CCC(NCc2cccnn2)c2cc(F)ccc21. The molecule has 110 valence electrons. The first kappa shape index (κ1) is 14.1. The van der Waals surface area contributed by atoms with Gasteiger partial charge in [0.1, 0.15) is 5.82 Å². The predicted octanol–water partition coefficient (Wildman–Crippen LogP) is 1.62. The smallest absolute Gasteiger partial charge is 0.178 e. The maximum absolute atomic E-state index is 13.4. The third-order valence-corrected chi connectivity index (χ3v) is 5.33. The second-order valence-electron chi connectivity index (χ2n) is 4.94. The van der Waals surface area contributed by atoms with Crippen LogP contribution in [0.5, 0.6) is 0 Å². The van der Waals surface area contributed by atoms with Crippen molar-refractivity contribution >= 4 is 9.84 Å². The minimum absolute atomic E-state index is 0.0593. The summed E-state index contributed by atoms with van der Waals surface area (Å²) in [6, 6.07) is 7.22. The third-order valence-electron chi connectivity index (χ3n) is 3.51. The monoisotopic (exact) mass is 307 g/mol. The van der Waals surface area contributed by atoms with Gasteiger partial charge >= 0.3 is 0 Å². The average molecular weight is 307 g/mol. The van der Waals surface area contributed by atoms with Gasteiger partial charge in [-0.3, -0.25) is 0 Å². The molecule has 0 spiro atoms. The molecule has 0 saturated heterocycles. The minimum Gasteiger partial charge on any atom is -0.304 e. The third kappa shape index (κ3) is 2.93. The topological polar surface area (TPSA) is 72.0 Å². The summed E-state index contributed by atoms with van der Waals surface area (Å²) in [6.45, 7) is 0.453. The summed E-state index contributed by atoms with van der Waals surface area (Å²) in [6.07, 6.45) is 2.00. The molecule has 7 heteroatoms. The number of rotatable bonds is 3. The quantitative estimate of drug-likeness (QED) is 0.873. The molecule has 0 bridgehead atoms. The lowest BCUT2D eigenvalue weighted by atomic mass is 10.0. The van der Waals surface area contributed by atoms with Crippen LogP contribution in [0, 0.1) is 5.82 Å². The minimum atomic E-state index is -3.31. The molecule has 1 aromatic carbocycles. The second-order valence-corrected chi connectivity index (χ2v) is 7.02. The van der Waals surface area contributed by atoms with Gasteiger partial charge in [0.15, 0.2) is 9.84 Å². The standard InChI is InChI=1S/C14H14FN3O2S/c15-10-3-4-14-12(8-10)13(5-7-21(14,19)20)16-9-11-2-1-6-17-18-11/h1-4,6,8,13,16H,5,7,9H2. The van der Waals surface area contributed by atoms with E-state index in [1.54, 1.807) is 12.3 Å². The molecule has 21 heavy (non-hydrogen) atoms. The zero-order chi connectivity index (χ0) is 14.9. The summed E-state index contributed by atoms with van der Waals surface area (Å²) in [5.41, 5.74) is 1.24. The van der Waals surface area contributed by atoms with E-state index in [0.717, 1.165) is 5.69 Å². The van der Waals surface area contributed by atoms with E-state index in [9.17, 15) is 12.8 Å². The summed E-state index contributed by atoms with van der Waals surface area (Å²) >= 11 is 0. The molecule has 0 aliphatic carbocycles. The molecular formula is C14H14FN3O2S. The van der Waals surface area contributed by atoms with Crippen LogP contribution in [0.4, 0.5) is 4.39 Å². The number of nitrogens with zero attached hydrogens (tertiary/aromatic N) is 2. The highest BCUT2D eigenvalue weighted by atomic mass is 32.2. The predicted molar refractivity (Wildman–Crippen MR) is 74.7 cm³/mol. The first-order chi connectivity index (χ1) is 10.1. The van der Waals surface area contributed by atoms with Gasteiger partial charge in [0.05, 0.1) is 16.3 Å². The van der Waals surface area contributed by atoms with E-state index in [1.807, 2.05) is 6.07 Å². The lowest BCUT2D eigenvalue weighted by Crippen LogP contribution is -2.30. The molecule has 0 amide bonds. The number of fused-ring (bicyclic) bond motifs is 1. The first-order valence-corrected chi connectivity index (χ1v) is 8.24.